The zero-order valence-electron chi connectivity index (χ0n) is 42.7. The van der Waals surface area contributed by atoms with Crippen molar-refractivity contribution in [3.05, 3.63) is 156 Å². The molecule has 0 saturated carbocycles. The van der Waals surface area contributed by atoms with Gasteiger partial charge in [-0.3, -0.25) is 0 Å². The Morgan fingerprint density at radius 2 is 0.357 bits per heavy atom. The number of benzene rings is 15. The van der Waals surface area contributed by atoms with Crippen LogP contribution in [0.2, 0.25) is 0 Å². The summed E-state index contributed by atoms with van der Waals surface area (Å²) in [5.41, 5.74) is 10.3. The van der Waals surface area contributed by atoms with Crippen molar-refractivity contribution in [2.75, 3.05) is 0 Å². The van der Waals surface area contributed by atoms with Crippen molar-refractivity contribution in [1.29, 1.82) is 0 Å². The Bertz CT molecular complexity index is 4120. The second-order valence-electron chi connectivity index (χ2n) is 25.7. The molecular weight excluding hydrogens is 841 g/mol. The first-order valence-electron chi connectivity index (χ1n) is 25.7. The molecule has 0 aliphatic carbocycles. The van der Waals surface area contributed by atoms with Gasteiger partial charge in [-0.05, 0) is 268 Å². The average molecular weight is 899 g/mol. The molecule has 0 amide bonds. The van der Waals surface area contributed by atoms with Crippen molar-refractivity contribution >= 4 is 129 Å². The minimum Gasteiger partial charge on any atom is -0.0622 e. The predicted molar refractivity (Wildman–Crippen MR) is 309 cm³/mol. The summed E-state index contributed by atoms with van der Waals surface area (Å²) >= 11 is 0. The highest BCUT2D eigenvalue weighted by molar-refractivity contribution is 6.61. The van der Waals surface area contributed by atoms with Crippen LogP contribution in [0.5, 0.6) is 0 Å². The van der Waals surface area contributed by atoms with Crippen LogP contribution in [0.25, 0.3) is 152 Å². The van der Waals surface area contributed by atoms with E-state index in [4.69, 9.17) is 0 Å². The van der Waals surface area contributed by atoms with Gasteiger partial charge in [-0.2, -0.15) is 0 Å². The number of hydrogen-bond donors (Lipinski definition) is 0. The lowest BCUT2D eigenvalue weighted by atomic mass is 9.70. The highest BCUT2D eigenvalue weighted by Gasteiger charge is 2.35. The van der Waals surface area contributed by atoms with E-state index in [-0.39, 0.29) is 21.7 Å². The minimum absolute atomic E-state index is 0.0754. The summed E-state index contributed by atoms with van der Waals surface area (Å²) in [6.07, 6.45) is 0. The Labute approximate surface area is 409 Å². The maximum atomic E-state index is 2.61. The molecule has 0 N–H and O–H groups in total. The number of hydrogen-bond acceptors (Lipinski definition) is 0. The Morgan fingerprint density at radius 1 is 0.186 bits per heavy atom. The van der Waals surface area contributed by atoms with E-state index in [1.54, 1.807) is 0 Å². The summed E-state index contributed by atoms with van der Waals surface area (Å²) in [6.45, 7) is 28.8. The van der Waals surface area contributed by atoms with Crippen LogP contribution in [0.4, 0.5) is 0 Å². The molecule has 0 aromatic heterocycles. The van der Waals surface area contributed by atoms with E-state index in [1.807, 2.05) is 0 Å². The van der Waals surface area contributed by atoms with E-state index >= 15 is 0 Å². The lowest BCUT2D eigenvalue weighted by Crippen LogP contribution is -2.13. The van der Waals surface area contributed by atoms with Crippen molar-refractivity contribution < 1.29 is 0 Å². The van der Waals surface area contributed by atoms with Gasteiger partial charge in [-0.1, -0.05) is 144 Å². The molecule has 0 radical (unpaired) electrons. The van der Waals surface area contributed by atoms with Crippen molar-refractivity contribution in [2.24, 2.45) is 0 Å². The second-order valence-corrected chi connectivity index (χ2v) is 25.7. The summed E-state index contributed by atoms with van der Waals surface area (Å²) in [7, 11) is 0. The normalized spacial score (nSPS) is 14.0. The molecule has 338 valence electrons. The molecule has 0 aliphatic rings. The lowest BCUT2D eigenvalue weighted by Gasteiger charge is -2.32. The molecule has 0 saturated heterocycles. The summed E-state index contributed by atoms with van der Waals surface area (Å²) in [5.74, 6) is 0. The standard InChI is InChI=1S/C70H58/c1-67(2,3)39-27-47-43-23-37(35-19-15-13-16-20-35)24-44-49-29-41(69(7,8)9)33-53-54-34-42(70(10,11)12)30-50-46-26-38(36-21-17-14-18-22-36)25-45-48-28-40(68(4,5)6)32-52-51(31-39)57(47)63-61(55(43)44)65(59(49)53)66(60(50)54)62(56(45)46)64(63)58(48)52/h13-34H,1-12H3. The van der Waals surface area contributed by atoms with Crippen LogP contribution in [0.15, 0.2) is 133 Å². The fraction of sp³-hybridized carbons (Fsp3) is 0.229. The Hall–Kier alpha value is -7.02. The number of fused-ring (bicyclic) bond motifs is 6. The van der Waals surface area contributed by atoms with Crippen molar-refractivity contribution in [2.45, 2.75) is 105 Å². The quantitative estimate of drug-likeness (QED) is 0.120. The monoisotopic (exact) mass is 898 g/mol. The maximum Gasteiger partial charge on any atom is -0.0000469 e. The van der Waals surface area contributed by atoms with Gasteiger partial charge in [0.25, 0.3) is 0 Å². The van der Waals surface area contributed by atoms with Gasteiger partial charge in [0.05, 0.1) is 0 Å². The van der Waals surface area contributed by atoms with Gasteiger partial charge in [0.1, 0.15) is 0 Å². The molecule has 0 heterocycles. The van der Waals surface area contributed by atoms with Gasteiger partial charge >= 0.3 is 0 Å². The molecule has 0 heteroatoms. The van der Waals surface area contributed by atoms with Crippen LogP contribution in [0, 0.1) is 0 Å². The van der Waals surface area contributed by atoms with Gasteiger partial charge < -0.3 is 0 Å². The first-order chi connectivity index (χ1) is 33.3. The molecule has 0 spiro atoms. The van der Waals surface area contributed by atoms with E-state index < -0.39 is 0 Å². The molecule has 15 aromatic carbocycles. The van der Waals surface area contributed by atoms with Crippen LogP contribution in [-0.2, 0) is 21.7 Å². The molecule has 15 rings (SSSR count). The van der Waals surface area contributed by atoms with Crippen molar-refractivity contribution in [1.82, 2.24) is 0 Å². The van der Waals surface area contributed by atoms with Gasteiger partial charge in [0.2, 0.25) is 0 Å². The van der Waals surface area contributed by atoms with Crippen LogP contribution in [-0.4, -0.2) is 0 Å². The SMILES string of the molecule is CC(C)(C)c1cc2c3cc(-c4ccccc4)cc4c5cc(C(C)(C)C)cc6c7cc(C(C)(C)C)cc8c9cc(-c%10ccccc%10)cc%10c%11cc(C(C)(C)C)cc%12c(c1)c2c1c(c34)c(c56)c(c87)c(c%109)c1c%11%12. The predicted octanol–water partition coefficient (Wildman–Crippen LogP) is 20.7. The molecule has 0 unspecified atom stereocenters. The molecule has 0 atom stereocenters. The third kappa shape index (κ3) is 5.02. The smallest absolute Gasteiger partial charge is 0.0000469 e. The van der Waals surface area contributed by atoms with Crippen LogP contribution < -0.4 is 0 Å². The van der Waals surface area contributed by atoms with E-state index in [0.717, 1.165) is 0 Å². The third-order valence-corrected chi connectivity index (χ3v) is 17.2. The average Bonchev–Trinajstić information content (AvgIpc) is 3.33. The Balaban J connectivity index is 1.37. The van der Waals surface area contributed by atoms with E-state index in [2.05, 4.69) is 217 Å². The molecule has 15 aromatic rings. The fourth-order valence-electron chi connectivity index (χ4n) is 13.6. The summed E-state index contributed by atoms with van der Waals surface area (Å²) in [5, 5.41) is 33.8. The van der Waals surface area contributed by atoms with Crippen LogP contribution in [0.1, 0.15) is 105 Å². The van der Waals surface area contributed by atoms with Crippen LogP contribution in [0.3, 0.4) is 0 Å². The molecule has 0 aliphatic heterocycles. The largest absolute Gasteiger partial charge is 0.0622 e. The zero-order valence-corrected chi connectivity index (χ0v) is 42.7. The zero-order chi connectivity index (χ0) is 48.0. The van der Waals surface area contributed by atoms with Gasteiger partial charge in [0, 0.05) is 0 Å². The molecule has 0 nitrogen and oxygen atoms in total. The second kappa shape index (κ2) is 12.6. The summed E-state index contributed by atoms with van der Waals surface area (Å²) in [4.78, 5) is 0. The van der Waals surface area contributed by atoms with Crippen LogP contribution >= 0.6 is 0 Å². The van der Waals surface area contributed by atoms with Gasteiger partial charge in [0.15, 0.2) is 0 Å². The maximum absolute atomic E-state index is 2.61. The lowest BCUT2D eigenvalue weighted by molar-refractivity contribution is 0.591. The molecule has 0 bridgehead atoms. The fourth-order valence-corrected chi connectivity index (χ4v) is 13.6. The Kier molecular flexibility index (Phi) is 7.38. The first kappa shape index (κ1) is 40.8. The van der Waals surface area contributed by atoms with Crippen molar-refractivity contribution in [3.8, 4) is 22.3 Å². The highest BCUT2D eigenvalue weighted by Crippen LogP contribution is 2.62. The minimum atomic E-state index is -0.0754. The topological polar surface area (TPSA) is 0 Å². The molecular formula is C70H58. The third-order valence-electron chi connectivity index (χ3n) is 17.2. The van der Waals surface area contributed by atoms with E-state index in [0.29, 0.717) is 0 Å². The van der Waals surface area contributed by atoms with E-state index in [1.165, 1.54) is 174 Å². The number of rotatable bonds is 2. The summed E-state index contributed by atoms with van der Waals surface area (Å²) in [6, 6.07) is 53.4. The summed E-state index contributed by atoms with van der Waals surface area (Å²) < 4.78 is 0. The van der Waals surface area contributed by atoms with Gasteiger partial charge in [-0.25, -0.2) is 0 Å². The molecule has 70 heavy (non-hydrogen) atoms. The highest BCUT2D eigenvalue weighted by atomic mass is 14.4. The molecule has 0 fully saturated rings. The van der Waals surface area contributed by atoms with E-state index in [9.17, 15) is 0 Å². The first-order valence-corrected chi connectivity index (χ1v) is 25.7. The van der Waals surface area contributed by atoms with Crippen molar-refractivity contribution in [3.63, 3.8) is 0 Å². The van der Waals surface area contributed by atoms with Gasteiger partial charge in [-0.15, -0.1) is 0 Å². The Morgan fingerprint density at radius 3 is 0.529 bits per heavy atom.